The first-order chi connectivity index (χ1) is 21.2. The lowest BCUT2D eigenvalue weighted by Gasteiger charge is -2.31. The monoisotopic (exact) mass is 615 g/mol. The molecule has 6 rings (SSSR count). The van der Waals surface area contributed by atoms with Gasteiger partial charge in [-0.3, -0.25) is 9.59 Å². The predicted molar refractivity (Wildman–Crippen MR) is 164 cm³/mol. The molecular weight excluding hydrogens is 587 g/mol. The van der Waals surface area contributed by atoms with E-state index in [9.17, 15) is 27.9 Å². The van der Waals surface area contributed by atoms with Crippen molar-refractivity contribution in [3.63, 3.8) is 0 Å². The zero-order chi connectivity index (χ0) is 30.8. The summed E-state index contributed by atoms with van der Waals surface area (Å²) < 4.78 is 39.1. The Hall–Kier alpha value is -4.70. The Bertz CT molecular complexity index is 1830. The molecule has 0 bridgehead atoms. The number of aromatic hydroxyl groups is 1. The van der Waals surface area contributed by atoms with Crippen molar-refractivity contribution >= 4 is 33.9 Å². The number of piperidine rings is 1. The molecule has 1 aliphatic rings. The average molecular weight is 616 g/mol. The number of alkyl halides is 3. The number of thiazole rings is 1. The van der Waals surface area contributed by atoms with Crippen molar-refractivity contribution in [2.24, 2.45) is 0 Å². The van der Waals surface area contributed by atoms with E-state index >= 15 is 0 Å². The van der Waals surface area contributed by atoms with Crippen LogP contribution in [-0.2, 0) is 12.7 Å². The Kier molecular flexibility index (Phi) is 8.09. The number of carbonyl (C=O) groups is 2. The summed E-state index contributed by atoms with van der Waals surface area (Å²) >= 11 is 1.42. The van der Waals surface area contributed by atoms with Gasteiger partial charge in [-0.2, -0.15) is 13.2 Å². The van der Waals surface area contributed by atoms with Crippen LogP contribution in [0.25, 0.3) is 21.9 Å². The number of hydrogen-bond acceptors (Lipinski definition) is 5. The number of likely N-dealkylation sites (tertiary alicyclic amines) is 1. The molecular formula is C34H28F3N3O3S. The van der Waals surface area contributed by atoms with E-state index in [1.165, 1.54) is 23.5 Å². The highest BCUT2D eigenvalue weighted by Crippen LogP contribution is 2.34. The summed E-state index contributed by atoms with van der Waals surface area (Å²) in [5.74, 6) is -0.286. The fourth-order valence-corrected chi connectivity index (χ4v) is 6.58. The number of aromatic nitrogens is 1. The molecule has 0 aliphatic carbocycles. The van der Waals surface area contributed by atoms with Gasteiger partial charge in [0.25, 0.3) is 11.8 Å². The Morgan fingerprint density at radius 3 is 2.39 bits per heavy atom. The fourth-order valence-electron chi connectivity index (χ4n) is 5.61. The van der Waals surface area contributed by atoms with Crippen molar-refractivity contribution in [3.05, 3.63) is 118 Å². The minimum absolute atomic E-state index is 0.0952. The molecule has 44 heavy (non-hydrogen) atoms. The lowest BCUT2D eigenvalue weighted by atomic mass is 9.94. The van der Waals surface area contributed by atoms with Gasteiger partial charge in [0.15, 0.2) is 0 Å². The first-order valence-corrected chi connectivity index (χ1v) is 15.1. The first-order valence-electron chi connectivity index (χ1n) is 14.2. The van der Waals surface area contributed by atoms with Crippen molar-refractivity contribution in [1.29, 1.82) is 0 Å². The third-order valence-electron chi connectivity index (χ3n) is 8.01. The van der Waals surface area contributed by atoms with Crippen LogP contribution in [-0.4, -0.2) is 39.9 Å². The topological polar surface area (TPSA) is 82.5 Å². The van der Waals surface area contributed by atoms with E-state index in [4.69, 9.17) is 0 Å². The maximum absolute atomic E-state index is 13.5. The van der Waals surface area contributed by atoms with Crippen LogP contribution in [0.4, 0.5) is 13.2 Å². The van der Waals surface area contributed by atoms with Crippen molar-refractivity contribution in [1.82, 2.24) is 15.2 Å². The summed E-state index contributed by atoms with van der Waals surface area (Å²) in [5.41, 5.74) is 1.79. The lowest BCUT2D eigenvalue weighted by molar-refractivity contribution is -0.137. The standard InChI is InChI=1S/C34H28F3N3O3S/c35-34(36,37)24-12-9-22(10-13-24)25-6-3-4-8-27(25)33(43)40-17-15-23(16-18-40)32-39-29(20-44-32)31(42)38-19-28-26-7-2-1-5-21(26)11-14-30(28)41/h1-14,20,23,41H,15-19H2,(H,38,42). The van der Waals surface area contributed by atoms with Crippen molar-refractivity contribution < 1.29 is 27.9 Å². The molecule has 6 nitrogen and oxygen atoms in total. The van der Waals surface area contributed by atoms with Crippen LogP contribution in [0.2, 0.25) is 0 Å². The predicted octanol–water partition coefficient (Wildman–Crippen LogP) is 7.64. The van der Waals surface area contributed by atoms with Gasteiger partial charge >= 0.3 is 6.18 Å². The molecule has 1 saturated heterocycles. The second kappa shape index (κ2) is 12.1. The van der Waals surface area contributed by atoms with Crippen LogP contribution in [0, 0.1) is 0 Å². The zero-order valence-electron chi connectivity index (χ0n) is 23.5. The van der Waals surface area contributed by atoms with Gasteiger partial charge in [0.1, 0.15) is 11.4 Å². The molecule has 2 amide bonds. The second-order valence-electron chi connectivity index (χ2n) is 10.7. The normalized spacial score (nSPS) is 14.1. The van der Waals surface area contributed by atoms with E-state index in [-0.39, 0.29) is 30.0 Å². The number of carbonyl (C=O) groups excluding carboxylic acids is 2. The van der Waals surface area contributed by atoms with Crippen LogP contribution < -0.4 is 5.32 Å². The van der Waals surface area contributed by atoms with Crippen LogP contribution >= 0.6 is 11.3 Å². The number of amides is 2. The highest BCUT2D eigenvalue weighted by Gasteiger charge is 2.31. The molecule has 2 N–H and O–H groups in total. The third kappa shape index (κ3) is 6.03. The highest BCUT2D eigenvalue weighted by molar-refractivity contribution is 7.09. The number of phenolic OH excluding ortho intramolecular Hbond substituents is 1. The van der Waals surface area contributed by atoms with Crippen LogP contribution in [0.3, 0.4) is 0 Å². The number of hydrogen-bond donors (Lipinski definition) is 2. The zero-order valence-corrected chi connectivity index (χ0v) is 24.3. The van der Waals surface area contributed by atoms with Gasteiger partial charge in [-0.05, 0) is 59.0 Å². The summed E-state index contributed by atoms with van der Waals surface area (Å²) in [5, 5.41) is 17.7. The smallest absolute Gasteiger partial charge is 0.416 e. The number of benzene rings is 4. The largest absolute Gasteiger partial charge is 0.508 e. The van der Waals surface area contributed by atoms with Crippen LogP contribution in [0.1, 0.15) is 55.7 Å². The van der Waals surface area contributed by atoms with Crippen molar-refractivity contribution in [2.75, 3.05) is 13.1 Å². The SMILES string of the molecule is O=C(NCc1c(O)ccc2ccccc12)c1csc(C2CCN(C(=O)c3ccccc3-c3ccc(C(F)(F)F)cc3)CC2)n1. The summed E-state index contributed by atoms with van der Waals surface area (Å²) in [4.78, 5) is 32.8. The van der Waals surface area contributed by atoms with Crippen LogP contribution in [0.15, 0.2) is 90.3 Å². The molecule has 1 aromatic heterocycles. The van der Waals surface area contributed by atoms with Gasteiger partial charge in [-0.1, -0.05) is 60.7 Å². The molecule has 4 aromatic carbocycles. The summed E-state index contributed by atoms with van der Waals surface area (Å²) in [6, 6.07) is 22.9. The number of fused-ring (bicyclic) bond motifs is 1. The molecule has 224 valence electrons. The number of phenols is 1. The number of halogens is 3. The van der Waals surface area contributed by atoms with Crippen molar-refractivity contribution in [3.8, 4) is 16.9 Å². The molecule has 0 saturated carbocycles. The van der Waals surface area contributed by atoms with Crippen LogP contribution in [0.5, 0.6) is 5.75 Å². The minimum atomic E-state index is -4.43. The molecule has 1 fully saturated rings. The fraction of sp³-hybridized carbons (Fsp3) is 0.206. The van der Waals surface area contributed by atoms with Gasteiger partial charge in [0, 0.05) is 42.1 Å². The molecule has 1 aliphatic heterocycles. The average Bonchev–Trinajstić information content (AvgIpc) is 3.54. The molecule has 0 radical (unpaired) electrons. The van der Waals surface area contributed by atoms with Gasteiger partial charge in [-0.25, -0.2) is 4.98 Å². The molecule has 0 unspecified atom stereocenters. The Labute approximate surface area is 255 Å². The minimum Gasteiger partial charge on any atom is -0.508 e. The third-order valence-corrected chi connectivity index (χ3v) is 9.02. The van der Waals surface area contributed by atoms with E-state index in [1.807, 2.05) is 30.3 Å². The number of rotatable bonds is 6. The summed E-state index contributed by atoms with van der Waals surface area (Å²) in [6.07, 6.45) is -3.08. The summed E-state index contributed by atoms with van der Waals surface area (Å²) in [6.45, 7) is 1.14. The lowest BCUT2D eigenvalue weighted by Crippen LogP contribution is -2.38. The Morgan fingerprint density at radius 1 is 0.932 bits per heavy atom. The number of nitrogens with one attached hydrogen (secondary N) is 1. The van der Waals surface area contributed by atoms with Crippen molar-refractivity contribution in [2.45, 2.75) is 31.5 Å². The molecule has 0 spiro atoms. The van der Waals surface area contributed by atoms with Gasteiger partial charge in [0.2, 0.25) is 0 Å². The molecule has 2 heterocycles. The van der Waals surface area contributed by atoms with Gasteiger partial charge in [-0.15, -0.1) is 11.3 Å². The Balaban J connectivity index is 1.08. The van der Waals surface area contributed by atoms with Gasteiger partial charge < -0.3 is 15.3 Å². The maximum Gasteiger partial charge on any atom is 0.416 e. The molecule has 0 atom stereocenters. The van der Waals surface area contributed by atoms with E-state index in [2.05, 4.69) is 10.3 Å². The van der Waals surface area contributed by atoms with Gasteiger partial charge in [0.05, 0.1) is 10.6 Å². The van der Waals surface area contributed by atoms with E-state index in [0.29, 0.717) is 53.9 Å². The van der Waals surface area contributed by atoms with E-state index in [1.54, 1.807) is 40.6 Å². The highest BCUT2D eigenvalue weighted by atomic mass is 32.1. The molecule has 10 heteroatoms. The second-order valence-corrected chi connectivity index (χ2v) is 11.6. The first kappa shape index (κ1) is 29.4. The molecule has 5 aromatic rings. The van der Waals surface area contributed by atoms with E-state index < -0.39 is 11.7 Å². The maximum atomic E-state index is 13.5. The van der Waals surface area contributed by atoms with E-state index in [0.717, 1.165) is 27.9 Å². The number of nitrogens with zero attached hydrogens (tertiary/aromatic N) is 2. The summed E-state index contributed by atoms with van der Waals surface area (Å²) in [7, 11) is 0. The quantitative estimate of drug-likeness (QED) is 0.206. The Morgan fingerprint density at radius 2 is 1.64 bits per heavy atom.